The molecule has 6 heteroatoms. The monoisotopic (exact) mass is 409 g/mol. The van der Waals surface area contributed by atoms with Crippen molar-refractivity contribution in [3.8, 4) is 11.5 Å². The van der Waals surface area contributed by atoms with E-state index < -0.39 is 23.9 Å². The molecular weight excluding hydrogens is 382 g/mol. The summed E-state index contributed by atoms with van der Waals surface area (Å²) < 4.78 is 6.01. The number of aliphatic carboxylic acids is 2. The first-order valence-electron chi connectivity index (χ1n) is 10.4. The first-order chi connectivity index (χ1) is 14.4. The molecule has 2 aromatic carbocycles. The lowest BCUT2D eigenvalue weighted by atomic mass is 9.83. The van der Waals surface area contributed by atoms with Gasteiger partial charge in [-0.3, -0.25) is 9.59 Å². The molecule has 6 nitrogen and oxygen atoms in total. The number of carboxylic acids is 2. The van der Waals surface area contributed by atoms with Gasteiger partial charge in [0.2, 0.25) is 0 Å². The second-order valence-electron chi connectivity index (χ2n) is 8.71. The van der Waals surface area contributed by atoms with Crippen LogP contribution in [0.5, 0.6) is 11.5 Å². The molecule has 1 fully saturated rings. The summed E-state index contributed by atoms with van der Waals surface area (Å²) in [5.74, 6) is -0.691. The van der Waals surface area contributed by atoms with Crippen LogP contribution in [0.4, 0.5) is 0 Å². The topological polar surface area (TPSA) is 95.9 Å². The number of carboxylic acid groups (broad SMARTS) is 2. The molecule has 0 spiro atoms. The van der Waals surface area contributed by atoms with Crippen molar-refractivity contribution in [1.82, 2.24) is 5.32 Å². The van der Waals surface area contributed by atoms with E-state index in [1.54, 1.807) is 0 Å². The van der Waals surface area contributed by atoms with Crippen molar-refractivity contribution in [3.05, 3.63) is 59.7 Å². The lowest BCUT2D eigenvalue weighted by molar-refractivity contribution is -0.141. The van der Waals surface area contributed by atoms with Crippen LogP contribution in [0.25, 0.3) is 0 Å². The number of fused-ring (bicyclic) bond motifs is 2. The average molecular weight is 409 g/mol. The van der Waals surface area contributed by atoms with E-state index in [-0.39, 0.29) is 17.9 Å². The van der Waals surface area contributed by atoms with Gasteiger partial charge in [0, 0.05) is 23.1 Å². The maximum Gasteiger partial charge on any atom is 0.320 e. The number of benzene rings is 2. The average Bonchev–Trinajstić information content (AvgIpc) is 3.38. The minimum absolute atomic E-state index is 0.0291. The Morgan fingerprint density at radius 1 is 0.967 bits per heavy atom. The van der Waals surface area contributed by atoms with E-state index in [0.29, 0.717) is 12.3 Å². The summed E-state index contributed by atoms with van der Waals surface area (Å²) in [4.78, 5) is 23.8. The predicted molar refractivity (Wildman–Crippen MR) is 112 cm³/mol. The van der Waals surface area contributed by atoms with E-state index in [2.05, 4.69) is 19.2 Å². The lowest BCUT2D eigenvalue weighted by Gasteiger charge is -2.30. The van der Waals surface area contributed by atoms with Crippen LogP contribution in [0, 0.1) is 17.8 Å². The first-order valence-corrected chi connectivity index (χ1v) is 10.4. The van der Waals surface area contributed by atoms with Crippen LogP contribution in [0.2, 0.25) is 0 Å². The van der Waals surface area contributed by atoms with Crippen LogP contribution < -0.4 is 10.1 Å². The Bertz CT molecular complexity index is 911. The minimum Gasteiger partial charge on any atom is -0.481 e. The Hall–Kier alpha value is -2.86. The highest BCUT2D eigenvalue weighted by molar-refractivity contribution is 5.77. The van der Waals surface area contributed by atoms with E-state index >= 15 is 0 Å². The van der Waals surface area contributed by atoms with Gasteiger partial charge in [0.1, 0.15) is 17.5 Å². The Balaban J connectivity index is 1.59. The van der Waals surface area contributed by atoms with Gasteiger partial charge < -0.3 is 20.3 Å². The Morgan fingerprint density at radius 2 is 1.53 bits per heavy atom. The summed E-state index contributed by atoms with van der Waals surface area (Å²) in [6.07, 6.45) is 1.09. The summed E-state index contributed by atoms with van der Waals surface area (Å²) in [6.45, 7) is 4.11. The zero-order chi connectivity index (χ0) is 21.4. The smallest absolute Gasteiger partial charge is 0.320 e. The van der Waals surface area contributed by atoms with Crippen LogP contribution in [-0.2, 0) is 9.59 Å². The van der Waals surface area contributed by atoms with Gasteiger partial charge in [0.25, 0.3) is 0 Å². The fourth-order valence-electron chi connectivity index (χ4n) is 4.75. The van der Waals surface area contributed by atoms with E-state index in [0.717, 1.165) is 29.0 Å². The van der Waals surface area contributed by atoms with E-state index in [9.17, 15) is 19.8 Å². The molecule has 0 amide bonds. The van der Waals surface area contributed by atoms with E-state index in [1.165, 1.54) is 0 Å². The predicted octanol–water partition coefficient (Wildman–Crippen LogP) is 4.10. The quantitative estimate of drug-likeness (QED) is 0.607. The molecule has 4 unspecified atom stereocenters. The molecule has 1 aliphatic carbocycles. The number of nitrogens with one attached hydrogen (secondary N) is 1. The van der Waals surface area contributed by atoms with Crippen molar-refractivity contribution in [2.75, 3.05) is 0 Å². The van der Waals surface area contributed by atoms with Crippen molar-refractivity contribution in [3.63, 3.8) is 0 Å². The maximum atomic E-state index is 12.1. The standard InChI is InChI=1S/C24H27NO5/c1-13(2)11-17-21(24(28)29)22(17)25-18(23(26)27)12-16-14-7-3-5-9-19(14)30-20-10-6-4-8-15(16)20/h3-10,13,16-18,21-22,25H,11-12H2,1-2H3,(H,26,27)(H,28,29). The fraction of sp³-hybridized carbons (Fsp3) is 0.417. The summed E-state index contributed by atoms with van der Waals surface area (Å²) in [5, 5.41) is 22.6. The van der Waals surface area contributed by atoms with Gasteiger partial charge in [0.05, 0.1) is 5.92 Å². The van der Waals surface area contributed by atoms with Gasteiger partial charge in [-0.05, 0) is 36.8 Å². The number of carbonyl (C=O) groups is 2. The molecule has 4 atom stereocenters. The fourth-order valence-corrected chi connectivity index (χ4v) is 4.75. The highest BCUT2D eigenvalue weighted by Gasteiger charge is 2.56. The zero-order valence-electron chi connectivity index (χ0n) is 17.1. The third kappa shape index (κ3) is 3.92. The molecule has 1 saturated carbocycles. The molecule has 1 heterocycles. The van der Waals surface area contributed by atoms with Gasteiger partial charge in [-0.2, -0.15) is 0 Å². The van der Waals surface area contributed by atoms with Crippen molar-refractivity contribution in [2.24, 2.45) is 17.8 Å². The van der Waals surface area contributed by atoms with Crippen molar-refractivity contribution < 1.29 is 24.5 Å². The lowest BCUT2D eigenvalue weighted by Crippen LogP contribution is -2.41. The number of hydrogen-bond acceptors (Lipinski definition) is 4. The van der Waals surface area contributed by atoms with Crippen molar-refractivity contribution >= 4 is 11.9 Å². The van der Waals surface area contributed by atoms with Crippen LogP contribution in [0.1, 0.15) is 43.7 Å². The summed E-state index contributed by atoms with van der Waals surface area (Å²) in [6, 6.07) is 14.2. The molecule has 0 saturated heterocycles. The molecule has 30 heavy (non-hydrogen) atoms. The number of hydrogen-bond donors (Lipinski definition) is 3. The van der Waals surface area contributed by atoms with Gasteiger partial charge in [-0.25, -0.2) is 0 Å². The second kappa shape index (κ2) is 8.11. The number of rotatable bonds is 8. The molecule has 2 aliphatic rings. The largest absolute Gasteiger partial charge is 0.481 e. The van der Waals surface area contributed by atoms with Crippen molar-refractivity contribution in [2.45, 2.75) is 44.7 Å². The summed E-state index contributed by atoms with van der Waals surface area (Å²) in [7, 11) is 0. The van der Waals surface area contributed by atoms with Crippen LogP contribution in [0.15, 0.2) is 48.5 Å². The molecule has 3 N–H and O–H groups in total. The Morgan fingerprint density at radius 3 is 2.03 bits per heavy atom. The molecule has 4 rings (SSSR count). The molecular formula is C24H27NO5. The zero-order valence-corrected chi connectivity index (χ0v) is 17.1. The maximum absolute atomic E-state index is 12.1. The minimum atomic E-state index is -0.962. The first kappa shape index (κ1) is 20.4. The van der Waals surface area contributed by atoms with Gasteiger partial charge >= 0.3 is 11.9 Å². The van der Waals surface area contributed by atoms with Gasteiger partial charge in [-0.15, -0.1) is 0 Å². The molecule has 1 aliphatic heterocycles. The third-order valence-electron chi connectivity index (χ3n) is 6.17. The van der Waals surface area contributed by atoms with Gasteiger partial charge in [-0.1, -0.05) is 50.2 Å². The Kier molecular flexibility index (Phi) is 5.52. The highest BCUT2D eigenvalue weighted by atomic mass is 16.5. The SMILES string of the molecule is CC(C)CC1C(NC(CC2c3ccccc3Oc3ccccc32)C(=O)O)C1C(=O)O. The van der Waals surface area contributed by atoms with E-state index in [4.69, 9.17) is 4.74 Å². The molecule has 158 valence electrons. The van der Waals surface area contributed by atoms with Crippen molar-refractivity contribution in [1.29, 1.82) is 0 Å². The van der Waals surface area contributed by atoms with Crippen LogP contribution in [-0.4, -0.2) is 34.2 Å². The summed E-state index contributed by atoms with van der Waals surface area (Å²) >= 11 is 0. The molecule has 0 aromatic heterocycles. The van der Waals surface area contributed by atoms with Crippen LogP contribution >= 0.6 is 0 Å². The second-order valence-corrected chi connectivity index (χ2v) is 8.71. The highest BCUT2D eigenvalue weighted by Crippen LogP contribution is 2.47. The third-order valence-corrected chi connectivity index (χ3v) is 6.17. The molecule has 0 radical (unpaired) electrons. The number of ether oxygens (including phenoxy) is 1. The van der Waals surface area contributed by atoms with E-state index in [1.807, 2.05) is 48.5 Å². The summed E-state index contributed by atoms with van der Waals surface area (Å²) in [5.41, 5.74) is 1.90. The van der Waals surface area contributed by atoms with Gasteiger partial charge in [0.15, 0.2) is 0 Å². The Labute approximate surface area is 175 Å². The number of para-hydroxylation sites is 2. The molecule has 0 bridgehead atoms. The normalized spacial score (nSPS) is 23.2. The molecule has 2 aromatic rings. The van der Waals surface area contributed by atoms with Crippen LogP contribution in [0.3, 0.4) is 0 Å².